The normalized spacial score (nSPS) is 23.0. The maximum atomic E-state index is 13.5. The predicted molar refractivity (Wildman–Crippen MR) is 125 cm³/mol. The van der Waals surface area contributed by atoms with Crippen molar-refractivity contribution in [3.63, 3.8) is 0 Å². The summed E-state index contributed by atoms with van der Waals surface area (Å²) in [5.41, 5.74) is 0.473. The van der Waals surface area contributed by atoms with Crippen molar-refractivity contribution in [3.05, 3.63) is 69.7 Å². The lowest BCUT2D eigenvalue weighted by molar-refractivity contribution is -0.171. The zero-order chi connectivity index (χ0) is 23.0. The quantitative estimate of drug-likeness (QED) is 0.552. The molecule has 31 heavy (non-hydrogen) atoms. The van der Waals surface area contributed by atoms with Crippen molar-refractivity contribution in [1.82, 2.24) is 4.90 Å². The van der Waals surface area contributed by atoms with Gasteiger partial charge < -0.3 is 10.0 Å². The Morgan fingerprint density at radius 2 is 1.81 bits per heavy atom. The second-order valence-electron chi connectivity index (χ2n) is 9.20. The van der Waals surface area contributed by atoms with Gasteiger partial charge in [-0.1, -0.05) is 75.2 Å². The molecule has 0 saturated carbocycles. The highest BCUT2D eigenvalue weighted by Crippen LogP contribution is 2.58. The minimum absolute atomic E-state index is 0.140. The molecule has 1 fully saturated rings. The molecule has 4 nitrogen and oxygen atoms in total. The van der Waals surface area contributed by atoms with Crippen LogP contribution in [-0.2, 0) is 15.1 Å². The van der Waals surface area contributed by atoms with E-state index < -0.39 is 23.0 Å². The highest BCUT2D eigenvalue weighted by molar-refractivity contribution is 6.30. The first-order valence-corrected chi connectivity index (χ1v) is 11.4. The van der Waals surface area contributed by atoms with Gasteiger partial charge in [0.25, 0.3) is 0 Å². The SMILES string of the molecule is CC[C@@H](C(=O)O)N1C(=O)CC[C@H](c2cccc(Cl)c2)[C@@]1(c1ccc(Cl)cc1)C(C)(C)C. The van der Waals surface area contributed by atoms with Gasteiger partial charge in [0.15, 0.2) is 0 Å². The fourth-order valence-corrected chi connectivity index (χ4v) is 5.67. The van der Waals surface area contributed by atoms with Crippen molar-refractivity contribution >= 4 is 35.1 Å². The molecule has 1 aliphatic rings. The molecule has 6 heteroatoms. The Morgan fingerprint density at radius 3 is 2.32 bits per heavy atom. The van der Waals surface area contributed by atoms with E-state index in [0.717, 1.165) is 11.1 Å². The van der Waals surface area contributed by atoms with Crippen LogP contribution < -0.4 is 0 Å². The molecule has 1 heterocycles. The molecular weight excluding hydrogens is 433 g/mol. The van der Waals surface area contributed by atoms with Gasteiger partial charge in [-0.3, -0.25) is 4.79 Å². The summed E-state index contributed by atoms with van der Waals surface area (Å²) in [6, 6.07) is 14.2. The number of rotatable bonds is 5. The van der Waals surface area contributed by atoms with Gasteiger partial charge in [0.2, 0.25) is 5.91 Å². The van der Waals surface area contributed by atoms with Crippen molar-refractivity contribution in [3.8, 4) is 0 Å². The fraction of sp³-hybridized carbons (Fsp3) is 0.440. The van der Waals surface area contributed by atoms with Crippen molar-refractivity contribution in [2.75, 3.05) is 0 Å². The molecule has 1 N–H and O–H groups in total. The minimum Gasteiger partial charge on any atom is -0.480 e. The van der Waals surface area contributed by atoms with E-state index in [0.29, 0.717) is 22.9 Å². The molecule has 0 bridgehead atoms. The third-order valence-corrected chi connectivity index (χ3v) is 6.95. The molecule has 3 rings (SSSR count). The molecule has 0 spiro atoms. The first-order chi connectivity index (χ1) is 14.5. The number of hydrogen-bond donors (Lipinski definition) is 1. The van der Waals surface area contributed by atoms with Gasteiger partial charge in [0, 0.05) is 22.4 Å². The second kappa shape index (κ2) is 8.84. The van der Waals surface area contributed by atoms with Crippen LogP contribution in [0.2, 0.25) is 10.0 Å². The summed E-state index contributed by atoms with van der Waals surface area (Å²) in [4.78, 5) is 27.4. The average molecular weight is 462 g/mol. The highest BCUT2D eigenvalue weighted by atomic mass is 35.5. The molecule has 2 aromatic carbocycles. The number of carbonyl (C=O) groups excluding carboxylic acids is 1. The lowest BCUT2D eigenvalue weighted by Crippen LogP contribution is -2.66. The Morgan fingerprint density at radius 1 is 1.16 bits per heavy atom. The summed E-state index contributed by atoms with van der Waals surface area (Å²) in [7, 11) is 0. The van der Waals surface area contributed by atoms with Crippen molar-refractivity contribution in [2.24, 2.45) is 5.41 Å². The van der Waals surface area contributed by atoms with Crippen molar-refractivity contribution < 1.29 is 14.7 Å². The Kier molecular flexibility index (Phi) is 6.73. The van der Waals surface area contributed by atoms with E-state index in [2.05, 4.69) is 20.8 Å². The van der Waals surface area contributed by atoms with Crippen LogP contribution in [0.15, 0.2) is 48.5 Å². The highest BCUT2D eigenvalue weighted by Gasteiger charge is 2.60. The van der Waals surface area contributed by atoms with Crippen LogP contribution in [-0.4, -0.2) is 27.9 Å². The fourth-order valence-electron chi connectivity index (χ4n) is 5.34. The summed E-state index contributed by atoms with van der Waals surface area (Å²) in [5, 5.41) is 11.3. The molecule has 0 unspecified atom stereocenters. The Bertz CT molecular complexity index is 967. The van der Waals surface area contributed by atoms with Gasteiger partial charge >= 0.3 is 5.97 Å². The third kappa shape index (κ3) is 4.08. The van der Waals surface area contributed by atoms with Crippen LogP contribution in [0, 0.1) is 5.41 Å². The van der Waals surface area contributed by atoms with Crippen LogP contribution in [0.1, 0.15) is 64.0 Å². The lowest BCUT2D eigenvalue weighted by atomic mass is 9.56. The molecule has 1 aliphatic heterocycles. The first-order valence-electron chi connectivity index (χ1n) is 10.6. The van der Waals surface area contributed by atoms with Crippen LogP contribution in [0.3, 0.4) is 0 Å². The first kappa shape index (κ1) is 23.6. The number of carboxylic acids is 1. The molecule has 166 valence electrons. The van der Waals surface area contributed by atoms with Gasteiger partial charge in [-0.15, -0.1) is 0 Å². The van der Waals surface area contributed by atoms with E-state index in [1.807, 2.05) is 43.3 Å². The van der Waals surface area contributed by atoms with Gasteiger partial charge in [0.1, 0.15) is 6.04 Å². The van der Waals surface area contributed by atoms with Gasteiger partial charge in [-0.2, -0.15) is 0 Å². The lowest BCUT2D eigenvalue weighted by Gasteiger charge is -2.60. The summed E-state index contributed by atoms with van der Waals surface area (Å²) < 4.78 is 0. The number of carbonyl (C=O) groups is 2. The van der Waals surface area contributed by atoms with Crippen LogP contribution in [0.4, 0.5) is 0 Å². The van der Waals surface area contributed by atoms with Crippen LogP contribution in [0.5, 0.6) is 0 Å². The van der Waals surface area contributed by atoms with Crippen LogP contribution in [0.25, 0.3) is 0 Å². The summed E-state index contributed by atoms with van der Waals surface area (Å²) >= 11 is 12.5. The number of aliphatic carboxylic acids is 1. The van der Waals surface area contributed by atoms with E-state index in [-0.39, 0.29) is 18.2 Å². The number of likely N-dealkylation sites (tertiary alicyclic amines) is 1. The summed E-state index contributed by atoms with van der Waals surface area (Å²) in [6.07, 6.45) is 1.20. The molecule has 0 radical (unpaired) electrons. The van der Waals surface area contributed by atoms with E-state index in [1.54, 1.807) is 17.0 Å². The standard InChI is InChI=1S/C25H29Cl2NO3/c1-5-21(23(30)31)28-22(29)14-13-20(16-7-6-8-19(27)15-16)25(28,24(2,3)4)17-9-11-18(26)12-10-17/h6-12,15,20-21H,5,13-14H2,1-4H3,(H,30,31)/t20-,21+,25+/m1/s1. The molecule has 0 aliphatic carbocycles. The third-order valence-electron chi connectivity index (χ3n) is 6.46. The number of amides is 1. The molecule has 1 amide bonds. The number of halogens is 2. The molecule has 1 saturated heterocycles. The number of nitrogens with zero attached hydrogens (tertiary/aromatic N) is 1. The largest absolute Gasteiger partial charge is 0.480 e. The second-order valence-corrected chi connectivity index (χ2v) is 10.1. The zero-order valence-corrected chi connectivity index (χ0v) is 19.9. The number of benzene rings is 2. The molecular formula is C25H29Cl2NO3. The van der Waals surface area contributed by atoms with Crippen molar-refractivity contribution in [1.29, 1.82) is 0 Å². The molecule has 3 atom stereocenters. The van der Waals surface area contributed by atoms with Gasteiger partial charge in [0.05, 0.1) is 5.54 Å². The summed E-state index contributed by atoms with van der Waals surface area (Å²) in [6.45, 7) is 8.02. The van der Waals surface area contributed by atoms with Crippen molar-refractivity contribution in [2.45, 2.75) is 64.5 Å². The molecule has 2 aromatic rings. The monoisotopic (exact) mass is 461 g/mol. The summed E-state index contributed by atoms with van der Waals surface area (Å²) in [5.74, 6) is -1.28. The number of hydrogen-bond acceptors (Lipinski definition) is 2. The average Bonchev–Trinajstić information content (AvgIpc) is 2.69. The van der Waals surface area contributed by atoms with E-state index in [9.17, 15) is 14.7 Å². The topological polar surface area (TPSA) is 57.6 Å². The maximum Gasteiger partial charge on any atom is 0.326 e. The zero-order valence-electron chi connectivity index (χ0n) is 18.4. The van der Waals surface area contributed by atoms with Gasteiger partial charge in [-0.25, -0.2) is 4.79 Å². The Hall–Kier alpha value is -2.04. The smallest absolute Gasteiger partial charge is 0.326 e. The van der Waals surface area contributed by atoms with E-state index in [1.165, 1.54) is 0 Å². The Balaban J connectivity index is 2.41. The van der Waals surface area contributed by atoms with Crippen LogP contribution >= 0.6 is 23.2 Å². The molecule has 0 aromatic heterocycles. The maximum absolute atomic E-state index is 13.5. The predicted octanol–water partition coefficient (Wildman–Crippen LogP) is 6.50. The minimum atomic E-state index is -0.995. The Labute approximate surface area is 194 Å². The van der Waals surface area contributed by atoms with E-state index in [4.69, 9.17) is 23.2 Å². The van der Waals surface area contributed by atoms with Gasteiger partial charge in [-0.05, 0) is 53.6 Å². The number of piperidine rings is 1. The van der Waals surface area contributed by atoms with E-state index >= 15 is 0 Å². The number of carboxylic acid groups (broad SMARTS) is 1.